The van der Waals surface area contributed by atoms with Gasteiger partial charge in [-0.15, -0.1) is 0 Å². The largest absolute Gasteiger partial charge is 2.00 e. The van der Waals surface area contributed by atoms with Crippen molar-refractivity contribution in [3.8, 4) is 0 Å². The fourth-order valence-electron chi connectivity index (χ4n) is 0. The summed E-state index contributed by atoms with van der Waals surface area (Å²) in [5.74, 6) is 0. The molecule has 0 amide bonds. The zero-order valence-corrected chi connectivity index (χ0v) is 11.0. The first-order chi connectivity index (χ1) is 0. The Labute approximate surface area is 115 Å². The van der Waals surface area contributed by atoms with E-state index in [2.05, 4.69) is 0 Å². The van der Waals surface area contributed by atoms with Gasteiger partial charge in [0, 0.05) is 69.4 Å². The molecule has 0 aliphatic rings. The summed E-state index contributed by atoms with van der Waals surface area (Å²) in [5.41, 5.74) is 0. The minimum atomic E-state index is 0. The molecule has 27 valence electrons. The van der Waals surface area contributed by atoms with Crippen LogP contribution in [0.15, 0.2) is 0 Å². The maximum absolute atomic E-state index is 0. The van der Waals surface area contributed by atoms with Gasteiger partial charge in [-0.1, -0.05) is 0 Å². The maximum Gasteiger partial charge on any atom is 2.00 e. The monoisotopic (exact) mass is 351 g/mol. The second kappa shape index (κ2) is 15.9. The third-order valence-electron chi connectivity index (χ3n) is 0. The Kier molecular flexibility index (Phi) is 100. The van der Waals surface area contributed by atoms with Gasteiger partial charge >= 0.3 is 45.5 Å². The average Bonchev–Trinajstić information content (AvgIpc) is 0. The van der Waals surface area contributed by atoms with Crippen molar-refractivity contribution in [1.82, 2.24) is 0 Å². The van der Waals surface area contributed by atoms with Crippen LogP contribution >= 0.6 is 0 Å². The molecule has 4 heavy (non-hydrogen) atoms. The molecule has 0 spiro atoms. The Morgan fingerprint density at radius 2 is 1.25 bits per heavy atom. The summed E-state index contributed by atoms with van der Waals surface area (Å²) < 4.78 is 0. The molecule has 0 fully saturated rings. The minimum absolute atomic E-state index is 0. The Balaban J connectivity index is 0. The topological polar surface area (TPSA) is 0 Å². The van der Waals surface area contributed by atoms with E-state index < -0.39 is 0 Å². The van der Waals surface area contributed by atoms with Gasteiger partial charge in [0.25, 0.3) is 0 Å². The SMILES string of the molecule is [Co].[Cu].[H-].[H-].[La].[Sr+2]. The molecular weight excluding hydrogens is 349 g/mol. The molecule has 0 aliphatic heterocycles. The first-order valence-corrected chi connectivity index (χ1v) is 0. The van der Waals surface area contributed by atoms with Crippen LogP contribution < -0.4 is 0 Å². The van der Waals surface area contributed by atoms with Crippen molar-refractivity contribution in [2.24, 2.45) is 0 Å². The quantitative estimate of drug-likeness (QED) is 0.533. The smallest absolute Gasteiger partial charge is 1.00 e. The molecule has 0 unspecified atom stereocenters. The zero-order chi connectivity index (χ0) is 0. The van der Waals surface area contributed by atoms with Crippen LogP contribution in [0.3, 0.4) is 0 Å². The first-order valence-electron chi connectivity index (χ1n) is 0. The molecule has 0 aliphatic carbocycles. The normalized spacial score (nSPS) is 0. The number of hydrogen-bond acceptors (Lipinski definition) is 0. The van der Waals surface area contributed by atoms with Crippen molar-refractivity contribution < 1.29 is 72.3 Å². The Morgan fingerprint density at radius 1 is 1.25 bits per heavy atom. The van der Waals surface area contributed by atoms with Gasteiger partial charge in [-0.25, -0.2) is 0 Å². The summed E-state index contributed by atoms with van der Waals surface area (Å²) in [6.45, 7) is 0. The molecule has 3 radical (unpaired) electrons. The van der Waals surface area contributed by atoms with Gasteiger partial charge < -0.3 is 2.85 Å². The van der Waals surface area contributed by atoms with E-state index in [-0.39, 0.29) is 118 Å². The van der Waals surface area contributed by atoms with E-state index in [1.54, 1.807) is 0 Å². The molecule has 4 heteroatoms. The third kappa shape index (κ3) is 9.20. The molecule has 0 atom stereocenters. The molecular formula is H2CoCuLaSr. The van der Waals surface area contributed by atoms with Crippen molar-refractivity contribution in [3.05, 3.63) is 0 Å². The van der Waals surface area contributed by atoms with Gasteiger partial charge in [-0.3, -0.25) is 0 Å². The van der Waals surface area contributed by atoms with Crippen LogP contribution in [-0.4, -0.2) is 45.5 Å². The molecule has 0 heterocycles. The van der Waals surface area contributed by atoms with Crippen molar-refractivity contribution in [3.63, 3.8) is 0 Å². The van der Waals surface area contributed by atoms with E-state index in [0.29, 0.717) is 0 Å². The fraction of sp³-hybridized carbons (Fsp3) is 0. The van der Waals surface area contributed by atoms with E-state index in [9.17, 15) is 0 Å². The van der Waals surface area contributed by atoms with E-state index in [1.807, 2.05) is 0 Å². The van der Waals surface area contributed by atoms with Crippen LogP contribution in [0.25, 0.3) is 0 Å². The third-order valence-corrected chi connectivity index (χ3v) is 0. The summed E-state index contributed by atoms with van der Waals surface area (Å²) in [5, 5.41) is 0. The van der Waals surface area contributed by atoms with Gasteiger partial charge in [0.15, 0.2) is 0 Å². The molecule has 0 nitrogen and oxygen atoms in total. The van der Waals surface area contributed by atoms with Crippen LogP contribution in [0.4, 0.5) is 0 Å². The molecule has 0 saturated carbocycles. The summed E-state index contributed by atoms with van der Waals surface area (Å²) >= 11 is 0. The Morgan fingerprint density at radius 3 is 1.25 bits per heavy atom. The van der Waals surface area contributed by atoms with Crippen molar-refractivity contribution in [2.75, 3.05) is 0 Å². The Hall–Kier alpha value is 3.70. The standard InChI is InChI=1S/Co.Cu.La.Sr.2H/q;;;+2;2*-1. The van der Waals surface area contributed by atoms with Crippen LogP contribution in [0, 0.1) is 35.6 Å². The van der Waals surface area contributed by atoms with Gasteiger partial charge in [-0.2, -0.15) is 0 Å². The summed E-state index contributed by atoms with van der Waals surface area (Å²) in [6.07, 6.45) is 0. The molecule has 0 aromatic rings. The van der Waals surface area contributed by atoms with Gasteiger partial charge in [0.1, 0.15) is 0 Å². The van der Waals surface area contributed by atoms with Crippen LogP contribution in [0.1, 0.15) is 2.85 Å². The summed E-state index contributed by atoms with van der Waals surface area (Å²) in [7, 11) is 0. The number of rotatable bonds is 0. The Bertz CT molecular complexity index is 13.5. The van der Waals surface area contributed by atoms with Crippen molar-refractivity contribution in [1.29, 1.82) is 0 Å². The van der Waals surface area contributed by atoms with Crippen LogP contribution in [0.5, 0.6) is 0 Å². The van der Waals surface area contributed by atoms with E-state index >= 15 is 0 Å². The van der Waals surface area contributed by atoms with E-state index in [1.165, 1.54) is 0 Å². The zero-order valence-electron chi connectivity index (χ0n) is 3.92. The van der Waals surface area contributed by atoms with Crippen LogP contribution in [-0.2, 0) is 33.8 Å². The molecule has 0 bridgehead atoms. The summed E-state index contributed by atoms with van der Waals surface area (Å²) in [6, 6.07) is 0. The minimum Gasteiger partial charge on any atom is -1.00 e. The maximum atomic E-state index is 0. The second-order valence-corrected chi connectivity index (χ2v) is 0. The van der Waals surface area contributed by atoms with Gasteiger partial charge in [0.2, 0.25) is 0 Å². The average molecular weight is 351 g/mol. The fourth-order valence-corrected chi connectivity index (χ4v) is 0. The molecule has 0 rings (SSSR count). The predicted molar refractivity (Wildman–Crippen MR) is 7.98 cm³/mol. The van der Waals surface area contributed by atoms with E-state index in [0.717, 1.165) is 0 Å². The molecule has 0 aromatic heterocycles. The first kappa shape index (κ1) is 25.2. The second-order valence-electron chi connectivity index (χ2n) is 0. The van der Waals surface area contributed by atoms with Gasteiger partial charge in [0.05, 0.1) is 0 Å². The number of hydrogen-bond donors (Lipinski definition) is 0. The molecule has 0 N–H and O–H groups in total. The molecule has 0 saturated heterocycles. The van der Waals surface area contributed by atoms with E-state index in [4.69, 9.17) is 0 Å². The van der Waals surface area contributed by atoms with Crippen LogP contribution in [0.2, 0.25) is 0 Å². The van der Waals surface area contributed by atoms with Gasteiger partial charge in [-0.05, 0) is 0 Å². The summed E-state index contributed by atoms with van der Waals surface area (Å²) in [4.78, 5) is 0. The predicted octanol–water partition coefficient (Wildman–Crippen LogP) is -0.161. The van der Waals surface area contributed by atoms with Crippen molar-refractivity contribution in [2.45, 2.75) is 0 Å². The molecule has 0 aromatic carbocycles. The van der Waals surface area contributed by atoms with Crippen molar-refractivity contribution >= 4 is 45.5 Å².